The predicted molar refractivity (Wildman–Crippen MR) is 97.5 cm³/mol. The fraction of sp³-hybridized carbons (Fsp3) is 0.0556. The zero-order chi connectivity index (χ0) is 19.2. The van der Waals surface area contributed by atoms with Gasteiger partial charge in [-0.1, -0.05) is 12.1 Å². The average molecular weight is 389 g/mol. The second-order valence-electron chi connectivity index (χ2n) is 5.20. The van der Waals surface area contributed by atoms with Gasteiger partial charge in [0.25, 0.3) is 11.8 Å². The summed E-state index contributed by atoms with van der Waals surface area (Å²) in [5, 5.41) is 6.68. The van der Waals surface area contributed by atoms with Crippen LogP contribution in [0.4, 0.5) is 20.3 Å². The zero-order valence-electron chi connectivity index (χ0n) is 13.7. The SMILES string of the molecule is O=C(Nc1ccccn1)c1cccc(NC(=O)c2sccc2OC(F)F)c1. The third-order valence-electron chi connectivity index (χ3n) is 3.34. The number of benzene rings is 1. The van der Waals surface area contributed by atoms with E-state index in [0.717, 1.165) is 11.3 Å². The molecule has 1 aromatic carbocycles. The normalized spacial score (nSPS) is 10.5. The quantitative estimate of drug-likeness (QED) is 0.661. The molecule has 0 aliphatic carbocycles. The first kappa shape index (κ1) is 18.5. The minimum absolute atomic E-state index is 0.0126. The number of carbonyl (C=O) groups excluding carboxylic acids is 2. The maximum absolute atomic E-state index is 12.4. The molecule has 0 fully saturated rings. The highest BCUT2D eigenvalue weighted by molar-refractivity contribution is 7.12. The lowest BCUT2D eigenvalue weighted by Gasteiger charge is -2.09. The largest absolute Gasteiger partial charge is 0.433 e. The van der Waals surface area contributed by atoms with Gasteiger partial charge in [-0.2, -0.15) is 8.78 Å². The van der Waals surface area contributed by atoms with E-state index in [1.165, 1.54) is 17.5 Å². The predicted octanol–water partition coefficient (Wildman–Crippen LogP) is 4.25. The second-order valence-corrected chi connectivity index (χ2v) is 6.11. The van der Waals surface area contributed by atoms with Crippen molar-refractivity contribution in [3.8, 4) is 5.75 Å². The molecule has 3 aromatic rings. The van der Waals surface area contributed by atoms with Crippen LogP contribution < -0.4 is 15.4 Å². The maximum Gasteiger partial charge on any atom is 0.387 e. The number of ether oxygens (including phenoxy) is 1. The number of hydrogen-bond acceptors (Lipinski definition) is 5. The van der Waals surface area contributed by atoms with Gasteiger partial charge in [0.05, 0.1) is 0 Å². The molecule has 0 radical (unpaired) electrons. The van der Waals surface area contributed by atoms with Crippen LogP contribution in [0.2, 0.25) is 0 Å². The Morgan fingerprint density at radius 2 is 1.89 bits per heavy atom. The fourth-order valence-electron chi connectivity index (χ4n) is 2.20. The molecule has 0 atom stereocenters. The van der Waals surface area contributed by atoms with Crippen molar-refractivity contribution in [1.82, 2.24) is 4.98 Å². The number of carbonyl (C=O) groups is 2. The van der Waals surface area contributed by atoms with Crippen LogP contribution in [0.1, 0.15) is 20.0 Å². The minimum Gasteiger partial charge on any atom is -0.433 e. The molecule has 2 amide bonds. The number of aromatic nitrogens is 1. The summed E-state index contributed by atoms with van der Waals surface area (Å²) in [5.74, 6) is -0.813. The average Bonchev–Trinajstić information content (AvgIpc) is 3.10. The Bertz CT molecular complexity index is 948. The molecule has 0 aliphatic rings. The van der Waals surface area contributed by atoms with Crippen LogP contribution in [-0.2, 0) is 0 Å². The van der Waals surface area contributed by atoms with Crippen molar-refractivity contribution in [3.63, 3.8) is 0 Å². The van der Waals surface area contributed by atoms with E-state index in [0.29, 0.717) is 17.1 Å². The van der Waals surface area contributed by atoms with Gasteiger partial charge in [0, 0.05) is 17.4 Å². The molecule has 6 nitrogen and oxygen atoms in total. The van der Waals surface area contributed by atoms with Crippen LogP contribution in [0.25, 0.3) is 0 Å². The number of thiophene rings is 1. The van der Waals surface area contributed by atoms with Crippen LogP contribution in [-0.4, -0.2) is 23.4 Å². The molecule has 2 N–H and O–H groups in total. The highest BCUT2D eigenvalue weighted by atomic mass is 32.1. The van der Waals surface area contributed by atoms with E-state index in [1.807, 2.05) is 0 Å². The van der Waals surface area contributed by atoms with Gasteiger partial charge in [0.15, 0.2) is 0 Å². The summed E-state index contributed by atoms with van der Waals surface area (Å²) in [6, 6.07) is 12.6. The van der Waals surface area contributed by atoms with Gasteiger partial charge in [-0.25, -0.2) is 4.98 Å². The van der Waals surface area contributed by atoms with E-state index in [9.17, 15) is 18.4 Å². The molecule has 0 saturated carbocycles. The van der Waals surface area contributed by atoms with Crippen molar-refractivity contribution in [2.24, 2.45) is 0 Å². The fourth-order valence-corrected chi connectivity index (χ4v) is 2.92. The Balaban J connectivity index is 1.71. The molecule has 0 spiro atoms. The number of pyridine rings is 1. The monoisotopic (exact) mass is 389 g/mol. The van der Waals surface area contributed by atoms with Crippen molar-refractivity contribution < 1.29 is 23.1 Å². The molecule has 2 aromatic heterocycles. The highest BCUT2D eigenvalue weighted by Gasteiger charge is 2.18. The van der Waals surface area contributed by atoms with Gasteiger partial charge in [0.1, 0.15) is 16.4 Å². The number of anilines is 2. The van der Waals surface area contributed by atoms with Crippen molar-refractivity contribution in [3.05, 3.63) is 70.5 Å². The Kier molecular flexibility index (Phi) is 5.72. The lowest BCUT2D eigenvalue weighted by Crippen LogP contribution is -2.15. The number of nitrogens with one attached hydrogen (secondary N) is 2. The van der Waals surface area contributed by atoms with Crippen LogP contribution in [0.5, 0.6) is 5.75 Å². The summed E-state index contributed by atoms with van der Waals surface area (Å²) in [4.78, 5) is 28.6. The van der Waals surface area contributed by atoms with E-state index >= 15 is 0 Å². The Labute approximate surface area is 156 Å². The maximum atomic E-state index is 12.4. The van der Waals surface area contributed by atoms with E-state index in [1.54, 1.807) is 42.6 Å². The lowest BCUT2D eigenvalue weighted by atomic mass is 10.2. The van der Waals surface area contributed by atoms with Crippen molar-refractivity contribution >= 4 is 34.7 Å². The summed E-state index contributed by atoms with van der Waals surface area (Å²) in [5.41, 5.74) is 0.638. The van der Waals surface area contributed by atoms with Gasteiger partial charge in [-0.3, -0.25) is 9.59 Å². The third kappa shape index (κ3) is 4.85. The first-order valence-electron chi connectivity index (χ1n) is 7.69. The summed E-state index contributed by atoms with van der Waals surface area (Å²) in [6.07, 6.45) is 1.55. The van der Waals surface area contributed by atoms with E-state index in [2.05, 4.69) is 20.4 Å². The van der Waals surface area contributed by atoms with Gasteiger partial charge in [-0.05, 0) is 41.8 Å². The Morgan fingerprint density at radius 1 is 1.04 bits per heavy atom. The molecule has 2 heterocycles. The molecule has 0 aliphatic heterocycles. The van der Waals surface area contributed by atoms with Gasteiger partial charge < -0.3 is 15.4 Å². The number of amides is 2. The first-order chi connectivity index (χ1) is 13.0. The standard InChI is InChI=1S/C18H13F2N3O3S/c19-18(20)26-13-7-9-27-15(13)17(25)22-12-5-3-4-11(10-12)16(24)23-14-6-1-2-8-21-14/h1-10,18H,(H,22,25)(H,21,23,24). The van der Waals surface area contributed by atoms with Crippen LogP contribution in [0, 0.1) is 0 Å². The molecule has 27 heavy (non-hydrogen) atoms. The van der Waals surface area contributed by atoms with E-state index in [4.69, 9.17) is 0 Å². The lowest BCUT2D eigenvalue weighted by molar-refractivity contribution is -0.0498. The molecule has 0 saturated heterocycles. The van der Waals surface area contributed by atoms with Crippen LogP contribution >= 0.6 is 11.3 Å². The minimum atomic E-state index is -3.02. The van der Waals surface area contributed by atoms with E-state index < -0.39 is 18.4 Å². The Morgan fingerprint density at radius 3 is 2.63 bits per heavy atom. The van der Waals surface area contributed by atoms with Crippen molar-refractivity contribution in [1.29, 1.82) is 0 Å². The number of rotatable bonds is 6. The summed E-state index contributed by atoms with van der Waals surface area (Å²) in [6.45, 7) is -3.02. The molecule has 3 rings (SSSR count). The summed E-state index contributed by atoms with van der Waals surface area (Å²) in [7, 11) is 0. The molecule has 0 unspecified atom stereocenters. The second kappa shape index (κ2) is 8.37. The number of hydrogen-bond donors (Lipinski definition) is 2. The topological polar surface area (TPSA) is 80.3 Å². The van der Waals surface area contributed by atoms with Gasteiger partial charge in [-0.15, -0.1) is 11.3 Å². The van der Waals surface area contributed by atoms with Gasteiger partial charge >= 0.3 is 6.61 Å². The smallest absolute Gasteiger partial charge is 0.387 e. The Hall–Kier alpha value is -3.33. The zero-order valence-corrected chi connectivity index (χ0v) is 14.5. The molecule has 0 bridgehead atoms. The molecule has 9 heteroatoms. The van der Waals surface area contributed by atoms with Crippen molar-refractivity contribution in [2.75, 3.05) is 10.6 Å². The number of halogens is 2. The third-order valence-corrected chi connectivity index (χ3v) is 4.23. The summed E-state index contributed by atoms with van der Waals surface area (Å²) >= 11 is 0.973. The molecular weight excluding hydrogens is 376 g/mol. The van der Waals surface area contributed by atoms with Crippen LogP contribution in [0.15, 0.2) is 60.1 Å². The number of nitrogens with zero attached hydrogens (tertiary/aromatic N) is 1. The van der Waals surface area contributed by atoms with Crippen molar-refractivity contribution in [2.45, 2.75) is 6.61 Å². The van der Waals surface area contributed by atoms with Crippen LogP contribution in [0.3, 0.4) is 0 Å². The highest BCUT2D eigenvalue weighted by Crippen LogP contribution is 2.27. The first-order valence-corrected chi connectivity index (χ1v) is 8.57. The summed E-state index contributed by atoms with van der Waals surface area (Å²) < 4.78 is 29.1. The van der Waals surface area contributed by atoms with E-state index in [-0.39, 0.29) is 10.6 Å². The molecular formula is C18H13F2N3O3S. The van der Waals surface area contributed by atoms with Gasteiger partial charge in [0.2, 0.25) is 0 Å². The molecule has 138 valence electrons. The number of alkyl halides is 2.